The Balaban J connectivity index is 1.54. The number of hydrogen-bond acceptors (Lipinski definition) is 4. The number of imide groups is 1. The predicted octanol–water partition coefficient (Wildman–Crippen LogP) is 4.20. The second kappa shape index (κ2) is 6.61. The van der Waals surface area contributed by atoms with Crippen molar-refractivity contribution in [1.29, 1.82) is 0 Å². The van der Waals surface area contributed by atoms with Crippen molar-refractivity contribution in [2.45, 2.75) is 85.0 Å². The van der Waals surface area contributed by atoms with E-state index in [9.17, 15) is 19.2 Å². The molecule has 162 valence electrons. The first-order valence-corrected chi connectivity index (χ1v) is 11.8. The summed E-state index contributed by atoms with van der Waals surface area (Å²) in [5.74, 6) is 1.70. The van der Waals surface area contributed by atoms with Gasteiger partial charge in [0.05, 0.1) is 5.70 Å². The fraction of sp³-hybridized carbons (Fsp3) is 0.760. The van der Waals surface area contributed by atoms with E-state index in [2.05, 4.69) is 13.8 Å². The molecule has 1 saturated heterocycles. The standard InChI is InChI=1S/C25H33NO4/c1-14(27)16-6-7-17-15-4-5-19-23(26-21(29)8-9-22(26)30)20(28)11-13-25(19,3)18(15)10-12-24(16,17)2/h15-18H,4-13H2,1-3H3/t15-,16+,17-,18-,24+,25+/m0/s1. The van der Waals surface area contributed by atoms with E-state index in [4.69, 9.17) is 0 Å². The van der Waals surface area contributed by atoms with Crippen molar-refractivity contribution < 1.29 is 19.2 Å². The molecule has 0 spiro atoms. The Kier molecular flexibility index (Phi) is 4.44. The molecule has 4 aliphatic carbocycles. The van der Waals surface area contributed by atoms with Gasteiger partial charge in [0.25, 0.3) is 0 Å². The second-order valence-corrected chi connectivity index (χ2v) is 11.0. The topological polar surface area (TPSA) is 71.5 Å². The highest BCUT2D eigenvalue weighted by atomic mass is 16.2. The van der Waals surface area contributed by atoms with E-state index < -0.39 is 0 Å². The molecule has 5 nitrogen and oxygen atoms in total. The fourth-order valence-electron chi connectivity index (χ4n) is 8.44. The van der Waals surface area contributed by atoms with Crippen molar-refractivity contribution in [3.63, 3.8) is 0 Å². The largest absolute Gasteiger partial charge is 0.300 e. The SMILES string of the molecule is CC(=O)[C@H]1CC[C@H]2[C@@H]3CCC4=C(N5C(=O)CCC5=O)C(=O)CC[C@]4(C)[C@H]3CC[C@]12C. The first kappa shape index (κ1) is 20.1. The second-order valence-electron chi connectivity index (χ2n) is 11.0. The van der Waals surface area contributed by atoms with Crippen molar-refractivity contribution in [2.75, 3.05) is 0 Å². The number of carbonyl (C=O) groups is 4. The van der Waals surface area contributed by atoms with Crippen LogP contribution in [-0.2, 0) is 19.2 Å². The van der Waals surface area contributed by atoms with E-state index in [0.29, 0.717) is 35.7 Å². The molecule has 1 heterocycles. The van der Waals surface area contributed by atoms with Crippen molar-refractivity contribution in [2.24, 2.45) is 34.5 Å². The van der Waals surface area contributed by atoms with Crippen molar-refractivity contribution >= 4 is 23.4 Å². The molecule has 5 aliphatic rings. The number of likely N-dealkylation sites (tertiary alicyclic amines) is 1. The third-order valence-electron chi connectivity index (χ3n) is 9.86. The molecule has 5 rings (SSSR count). The number of fused-ring (bicyclic) bond motifs is 5. The number of ketones is 2. The predicted molar refractivity (Wildman–Crippen MR) is 111 cm³/mol. The summed E-state index contributed by atoms with van der Waals surface area (Å²) in [7, 11) is 0. The summed E-state index contributed by atoms with van der Waals surface area (Å²) in [6, 6.07) is 0. The molecule has 0 aromatic rings. The van der Waals surface area contributed by atoms with E-state index >= 15 is 0 Å². The van der Waals surface area contributed by atoms with Gasteiger partial charge in [0.2, 0.25) is 11.8 Å². The van der Waals surface area contributed by atoms with Crippen LogP contribution in [0.3, 0.4) is 0 Å². The van der Waals surface area contributed by atoms with Gasteiger partial charge in [0.15, 0.2) is 5.78 Å². The van der Waals surface area contributed by atoms with Crippen LogP contribution in [0.2, 0.25) is 0 Å². The molecule has 0 bridgehead atoms. The van der Waals surface area contributed by atoms with Crippen LogP contribution in [0.4, 0.5) is 0 Å². The minimum Gasteiger partial charge on any atom is -0.300 e. The Hall–Kier alpha value is -1.78. The van der Waals surface area contributed by atoms with Gasteiger partial charge in [-0.2, -0.15) is 0 Å². The molecular formula is C25H33NO4. The van der Waals surface area contributed by atoms with Gasteiger partial charge in [-0.1, -0.05) is 13.8 Å². The lowest BCUT2D eigenvalue weighted by Gasteiger charge is -2.58. The van der Waals surface area contributed by atoms with Crippen LogP contribution in [0.1, 0.15) is 85.0 Å². The molecule has 0 aromatic carbocycles. The maximum absolute atomic E-state index is 12.9. The van der Waals surface area contributed by atoms with Crippen molar-refractivity contribution in [3.8, 4) is 0 Å². The summed E-state index contributed by atoms with van der Waals surface area (Å²) >= 11 is 0. The average Bonchev–Trinajstić information content (AvgIpc) is 3.21. The molecule has 2 amide bonds. The third-order valence-corrected chi connectivity index (χ3v) is 9.86. The first-order chi connectivity index (χ1) is 14.2. The molecule has 0 N–H and O–H groups in total. The Morgan fingerprint density at radius 3 is 2.23 bits per heavy atom. The van der Waals surface area contributed by atoms with Gasteiger partial charge in [0.1, 0.15) is 5.78 Å². The van der Waals surface area contributed by atoms with Crippen molar-refractivity contribution in [3.05, 3.63) is 11.3 Å². The van der Waals surface area contributed by atoms with E-state index in [1.807, 2.05) is 0 Å². The summed E-state index contributed by atoms with van der Waals surface area (Å²) in [6.45, 7) is 6.39. The number of Topliss-reactive ketones (excluding diaryl/α,β-unsaturated/α-hetero) is 2. The smallest absolute Gasteiger partial charge is 0.234 e. The quantitative estimate of drug-likeness (QED) is 0.639. The van der Waals surface area contributed by atoms with Crippen molar-refractivity contribution in [1.82, 2.24) is 4.90 Å². The van der Waals surface area contributed by atoms with E-state index in [1.54, 1.807) is 6.92 Å². The van der Waals surface area contributed by atoms with Crippen LogP contribution in [-0.4, -0.2) is 28.3 Å². The molecular weight excluding hydrogens is 378 g/mol. The molecule has 30 heavy (non-hydrogen) atoms. The minimum absolute atomic E-state index is 0.0253. The average molecular weight is 412 g/mol. The molecule has 0 aromatic heterocycles. The van der Waals surface area contributed by atoms with Gasteiger partial charge in [0, 0.05) is 25.2 Å². The highest BCUT2D eigenvalue weighted by Crippen LogP contribution is 2.67. The van der Waals surface area contributed by atoms with Crippen LogP contribution in [0.15, 0.2) is 11.3 Å². The lowest BCUT2D eigenvalue weighted by atomic mass is 9.46. The summed E-state index contributed by atoms with van der Waals surface area (Å²) in [5, 5.41) is 0. The zero-order valence-electron chi connectivity index (χ0n) is 18.5. The van der Waals surface area contributed by atoms with Crippen LogP contribution < -0.4 is 0 Å². The lowest BCUT2D eigenvalue weighted by Crippen LogP contribution is -2.52. The number of hydrogen-bond donors (Lipinski definition) is 0. The number of carbonyl (C=O) groups excluding carboxylic acids is 4. The molecule has 3 saturated carbocycles. The number of allylic oxidation sites excluding steroid dienone is 1. The molecule has 0 unspecified atom stereocenters. The number of nitrogens with zero attached hydrogens (tertiary/aromatic N) is 1. The third kappa shape index (κ3) is 2.53. The highest BCUT2D eigenvalue weighted by molar-refractivity contribution is 6.11. The van der Waals surface area contributed by atoms with Gasteiger partial charge in [-0.3, -0.25) is 19.2 Å². The first-order valence-electron chi connectivity index (χ1n) is 11.8. The van der Waals surface area contributed by atoms with E-state index in [1.165, 1.54) is 4.90 Å². The monoisotopic (exact) mass is 411 g/mol. The fourth-order valence-corrected chi connectivity index (χ4v) is 8.44. The Morgan fingerprint density at radius 1 is 0.867 bits per heavy atom. The van der Waals surface area contributed by atoms with E-state index in [0.717, 1.165) is 50.5 Å². The zero-order valence-corrected chi connectivity index (χ0v) is 18.5. The van der Waals surface area contributed by atoms with E-state index in [-0.39, 0.29) is 47.2 Å². The van der Waals surface area contributed by atoms with Crippen LogP contribution in [0.5, 0.6) is 0 Å². The summed E-state index contributed by atoms with van der Waals surface area (Å²) in [6.07, 6.45) is 7.78. The summed E-state index contributed by atoms with van der Waals surface area (Å²) in [4.78, 5) is 51.4. The van der Waals surface area contributed by atoms with Gasteiger partial charge in [-0.25, -0.2) is 4.90 Å². The van der Waals surface area contributed by atoms with Crippen LogP contribution in [0, 0.1) is 34.5 Å². The lowest BCUT2D eigenvalue weighted by molar-refractivity contribution is -0.139. The van der Waals surface area contributed by atoms with Crippen LogP contribution >= 0.6 is 0 Å². The maximum Gasteiger partial charge on any atom is 0.234 e. The summed E-state index contributed by atoms with van der Waals surface area (Å²) in [5.41, 5.74) is 1.51. The maximum atomic E-state index is 12.9. The van der Waals surface area contributed by atoms with Gasteiger partial charge in [-0.05, 0) is 86.0 Å². The molecule has 5 heteroatoms. The Morgan fingerprint density at radius 2 is 1.57 bits per heavy atom. The number of amides is 2. The zero-order chi connectivity index (χ0) is 21.4. The normalized spacial score (nSPS) is 43.6. The van der Waals surface area contributed by atoms with Gasteiger partial charge in [-0.15, -0.1) is 0 Å². The molecule has 1 aliphatic heterocycles. The Bertz CT molecular complexity index is 872. The minimum atomic E-state index is -0.210. The van der Waals surface area contributed by atoms with Gasteiger partial charge < -0.3 is 0 Å². The summed E-state index contributed by atoms with van der Waals surface area (Å²) < 4.78 is 0. The Labute approximate surface area is 178 Å². The molecule has 4 fully saturated rings. The van der Waals surface area contributed by atoms with Crippen LogP contribution in [0.25, 0.3) is 0 Å². The van der Waals surface area contributed by atoms with Gasteiger partial charge >= 0.3 is 0 Å². The molecule has 6 atom stereocenters. The number of rotatable bonds is 2. The molecule has 0 radical (unpaired) electrons. The highest BCUT2D eigenvalue weighted by Gasteiger charge is 2.60.